The van der Waals surface area contributed by atoms with Crippen molar-refractivity contribution in [3.8, 4) is 0 Å². The average molecular weight is 351 g/mol. The molecule has 148 valence electrons. The van der Waals surface area contributed by atoms with Gasteiger partial charge in [-0.15, -0.1) is 0 Å². The van der Waals surface area contributed by atoms with Crippen molar-refractivity contribution in [1.82, 2.24) is 5.32 Å². The highest BCUT2D eigenvalue weighted by Crippen LogP contribution is 2.15. The first-order chi connectivity index (χ1) is 12.2. The van der Waals surface area contributed by atoms with Crippen LogP contribution in [0.5, 0.6) is 0 Å². The van der Waals surface area contributed by atoms with Gasteiger partial charge in [0.15, 0.2) is 0 Å². The lowest BCUT2D eigenvalue weighted by molar-refractivity contribution is 0.481. The molecule has 0 aromatic rings. The molecule has 0 aromatic carbocycles. The lowest BCUT2D eigenvalue weighted by Crippen LogP contribution is -2.34. The maximum absolute atomic E-state index is 4.65. The Morgan fingerprint density at radius 2 is 1.20 bits per heavy atom. The van der Waals surface area contributed by atoms with Crippen molar-refractivity contribution in [3.05, 3.63) is 0 Å². The van der Waals surface area contributed by atoms with E-state index in [-0.39, 0.29) is 0 Å². The molecule has 0 aromatic heterocycles. The minimum Gasteiger partial charge on any atom is -0.369 e. The summed E-state index contributed by atoms with van der Waals surface area (Å²) in [5.74, 6) is 1.97. The summed E-state index contributed by atoms with van der Waals surface area (Å²) in [4.78, 5) is 4.65. The molecule has 0 radical (unpaired) electrons. The van der Waals surface area contributed by atoms with Crippen LogP contribution in [-0.2, 0) is 0 Å². The van der Waals surface area contributed by atoms with Crippen molar-refractivity contribution in [2.45, 2.75) is 130 Å². The molecule has 0 spiro atoms. The zero-order valence-corrected chi connectivity index (χ0v) is 17.6. The van der Waals surface area contributed by atoms with Crippen LogP contribution in [0, 0.1) is 5.92 Å². The first-order valence-corrected chi connectivity index (χ1v) is 11.5. The van der Waals surface area contributed by atoms with Crippen molar-refractivity contribution in [1.29, 1.82) is 0 Å². The van der Waals surface area contributed by atoms with Crippen LogP contribution in [0.2, 0.25) is 0 Å². The van der Waals surface area contributed by atoms with Crippen LogP contribution in [0.4, 0.5) is 0 Å². The first kappa shape index (κ1) is 22.5. The van der Waals surface area contributed by atoms with E-state index in [2.05, 4.69) is 31.1 Å². The fourth-order valence-electron chi connectivity index (χ4n) is 3.71. The van der Waals surface area contributed by atoms with Gasteiger partial charge in [-0.25, -0.2) is 0 Å². The summed E-state index contributed by atoms with van der Waals surface area (Å²) in [5.41, 5.74) is 0. The molecule has 1 aliphatic heterocycles. The Kier molecular flexibility index (Phi) is 14.1. The maximum atomic E-state index is 4.65. The lowest BCUT2D eigenvalue weighted by atomic mass is 10.0. The molecule has 0 bridgehead atoms. The highest BCUT2D eigenvalue weighted by Gasteiger charge is 2.19. The minimum atomic E-state index is 0.589. The van der Waals surface area contributed by atoms with Crippen LogP contribution in [0.3, 0.4) is 0 Å². The standard InChI is InChI=1S/C23H46N2/c1-4-5-6-7-8-9-10-11-12-13-14-15-16-17-18-19-23-24-20-22(25-23)21(2)3/h21-22H,4-20H2,1-3H3,(H,24,25). The van der Waals surface area contributed by atoms with Crippen molar-refractivity contribution in [2.75, 3.05) is 6.54 Å². The van der Waals surface area contributed by atoms with Gasteiger partial charge >= 0.3 is 0 Å². The number of rotatable bonds is 17. The minimum absolute atomic E-state index is 0.589. The molecule has 1 rings (SSSR count). The van der Waals surface area contributed by atoms with Gasteiger partial charge < -0.3 is 5.32 Å². The van der Waals surface area contributed by atoms with E-state index in [1.807, 2.05) is 0 Å². The number of nitrogens with zero attached hydrogens (tertiary/aromatic N) is 1. The summed E-state index contributed by atoms with van der Waals surface area (Å²) < 4.78 is 0. The molecule has 0 saturated carbocycles. The van der Waals surface area contributed by atoms with Gasteiger partial charge in [0.1, 0.15) is 0 Å². The molecular formula is C23H46N2. The summed E-state index contributed by atoms with van der Waals surface area (Å²) in [6.45, 7) is 7.85. The predicted molar refractivity (Wildman–Crippen MR) is 114 cm³/mol. The topological polar surface area (TPSA) is 24.4 Å². The number of amidine groups is 1. The summed E-state index contributed by atoms with van der Waals surface area (Å²) >= 11 is 0. The SMILES string of the molecule is CCCCCCCCCCCCCCCCCC1=NCC(C(C)C)N1. The van der Waals surface area contributed by atoms with Gasteiger partial charge in [-0.05, 0) is 12.3 Å². The third-order valence-corrected chi connectivity index (χ3v) is 5.65. The molecule has 25 heavy (non-hydrogen) atoms. The van der Waals surface area contributed by atoms with E-state index in [9.17, 15) is 0 Å². The fourth-order valence-corrected chi connectivity index (χ4v) is 3.71. The molecule has 2 heteroatoms. The molecule has 0 saturated heterocycles. The van der Waals surface area contributed by atoms with Crippen LogP contribution in [0.25, 0.3) is 0 Å². The second-order valence-corrected chi connectivity index (χ2v) is 8.48. The van der Waals surface area contributed by atoms with Gasteiger partial charge in [0.05, 0.1) is 12.4 Å². The van der Waals surface area contributed by atoms with E-state index in [0.29, 0.717) is 12.0 Å². The van der Waals surface area contributed by atoms with Crippen LogP contribution in [-0.4, -0.2) is 18.4 Å². The van der Waals surface area contributed by atoms with Gasteiger partial charge in [0.2, 0.25) is 0 Å². The summed E-state index contributed by atoms with van der Waals surface area (Å²) in [7, 11) is 0. The third kappa shape index (κ3) is 12.5. The lowest BCUT2D eigenvalue weighted by Gasteiger charge is -2.15. The first-order valence-electron chi connectivity index (χ1n) is 11.5. The summed E-state index contributed by atoms with van der Waals surface area (Å²) in [6.07, 6.45) is 22.7. The second-order valence-electron chi connectivity index (χ2n) is 8.48. The smallest absolute Gasteiger partial charge is 0.0966 e. The second kappa shape index (κ2) is 15.7. The van der Waals surface area contributed by atoms with Crippen molar-refractivity contribution in [2.24, 2.45) is 10.9 Å². The van der Waals surface area contributed by atoms with Crippen LogP contribution < -0.4 is 5.32 Å². The largest absolute Gasteiger partial charge is 0.369 e. The van der Waals surface area contributed by atoms with Gasteiger partial charge in [0.25, 0.3) is 0 Å². The molecule has 1 atom stereocenters. The Labute approximate surface area is 158 Å². The van der Waals surface area contributed by atoms with E-state index in [0.717, 1.165) is 6.54 Å². The predicted octanol–water partition coefficient (Wildman–Crippen LogP) is 7.27. The van der Waals surface area contributed by atoms with E-state index in [4.69, 9.17) is 0 Å². The van der Waals surface area contributed by atoms with Crippen molar-refractivity contribution >= 4 is 5.84 Å². The van der Waals surface area contributed by atoms with Crippen LogP contribution >= 0.6 is 0 Å². The van der Waals surface area contributed by atoms with Crippen molar-refractivity contribution in [3.63, 3.8) is 0 Å². The Balaban J connectivity index is 1.74. The molecule has 0 aliphatic carbocycles. The molecule has 0 fully saturated rings. The number of nitrogens with one attached hydrogen (secondary N) is 1. The fraction of sp³-hybridized carbons (Fsp3) is 0.957. The van der Waals surface area contributed by atoms with Gasteiger partial charge in [-0.3, -0.25) is 4.99 Å². The molecule has 1 aliphatic rings. The van der Waals surface area contributed by atoms with E-state index >= 15 is 0 Å². The monoisotopic (exact) mass is 350 g/mol. The number of aliphatic imine (C=N–C) groups is 1. The molecule has 0 amide bonds. The maximum Gasteiger partial charge on any atom is 0.0966 e. The number of hydrogen-bond acceptors (Lipinski definition) is 2. The van der Waals surface area contributed by atoms with E-state index < -0.39 is 0 Å². The zero-order valence-electron chi connectivity index (χ0n) is 17.6. The molecular weight excluding hydrogens is 304 g/mol. The Morgan fingerprint density at radius 1 is 0.760 bits per heavy atom. The Bertz CT molecular complexity index is 322. The molecule has 1 N–H and O–H groups in total. The normalized spacial score (nSPS) is 17.1. The Morgan fingerprint density at radius 3 is 1.60 bits per heavy atom. The van der Waals surface area contributed by atoms with E-state index in [1.54, 1.807) is 0 Å². The summed E-state index contributed by atoms with van der Waals surface area (Å²) in [5, 5.41) is 3.59. The molecule has 1 unspecified atom stereocenters. The highest BCUT2D eigenvalue weighted by atomic mass is 15.1. The third-order valence-electron chi connectivity index (χ3n) is 5.65. The Hall–Kier alpha value is -0.530. The number of hydrogen-bond donors (Lipinski definition) is 1. The van der Waals surface area contributed by atoms with Crippen LogP contribution in [0.1, 0.15) is 124 Å². The molecule has 1 heterocycles. The molecule has 2 nitrogen and oxygen atoms in total. The average Bonchev–Trinajstić information content (AvgIpc) is 3.07. The summed E-state index contributed by atoms with van der Waals surface area (Å²) in [6, 6.07) is 0.589. The van der Waals surface area contributed by atoms with E-state index in [1.165, 1.54) is 109 Å². The van der Waals surface area contributed by atoms with Gasteiger partial charge in [-0.1, -0.05) is 111 Å². The van der Waals surface area contributed by atoms with Crippen molar-refractivity contribution < 1.29 is 0 Å². The zero-order chi connectivity index (χ0) is 18.2. The van der Waals surface area contributed by atoms with Gasteiger partial charge in [0, 0.05) is 12.5 Å². The highest BCUT2D eigenvalue weighted by molar-refractivity contribution is 5.84. The quantitative estimate of drug-likeness (QED) is 0.274. The number of unbranched alkanes of at least 4 members (excludes halogenated alkanes) is 14. The van der Waals surface area contributed by atoms with Gasteiger partial charge in [-0.2, -0.15) is 0 Å². The van der Waals surface area contributed by atoms with Crippen LogP contribution in [0.15, 0.2) is 4.99 Å².